The fraction of sp³-hybridized carbons (Fsp3) is 0.609. The first-order valence-electron chi connectivity index (χ1n) is 10.2. The first kappa shape index (κ1) is 24.7. The van der Waals surface area contributed by atoms with Crippen molar-refractivity contribution < 1.29 is 19.5 Å². The summed E-state index contributed by atoms with van der Waals surface area (Å²) in [6, 6.07) is 9.13. The number of hydrogen-bond donors (Lipinski definition) is 3. The molecular formula is C23H36N2O4. The second-order valence-corrected chi connectivity index (χ2v) is 9.72. The number of carboxylic acid groups (broad SMARTS) is 1. The minimum absolute atomic E-state index is 0.252. The Balaban J connectivity index is 2.83. The molecule has 2 unspecified atom stereocenters. The Morgan fingerprint density at radius 2 is 1.55 bits per heavy atom. The van der Waals surface area contributed by atoms with Crippen LogP contribution in [0.2, 0.25) is 0 Å². The van der Waals surface area contributed by atoms with Crippen LogP contribution in [-0.2, 0) is 20.8 Å². The van der Waals surface area contributed by atoms with Gasteiger partial charge in [-0.1, -0.05) is 51.1 Å². The molecule has 29 heavy (non-hydrogen) atoms. The van der Waals surface area contributed by atoms with Gasteiger partial charge in [-0.05, 0) is 51.0 Å². The van der Waals surface area contributed by atoms with Crippen LogP contribution in [0.1, 0.15) is 66.4 Å². The highest BCUT2D eigenvalue weighted by atomic mass is 16.4. The summed E-state index contributed by atoms with van der Waals surface area (Å²) >= 11 is 0. The highest BCUT2D eigenvalue weighted by Crippen LogP contribution is 2.22. The summed E-state index contributed by atoms with van der Waals surface area (Å²) in [6.45, 7) is 11.3. The second-order valence-electron chi connectivity index (χ2n) is 9.72. The van der Waals surface area contributed by atoms with Gasteiger partial charge in [0, 0.05) is 11.5 Å². The summed E-state index contributed by atoms with van der Waals surface area (Å²) in [7, 11) is 0. The van der Waals surface area contributed by atoms with E-state index in [1.165, 1.54) is 0 Å². The lowest BCUT2D eigenvalue weighted by molar-refractivity contribution is -0.142. The number of nitrogens with one attached hydrogen (secondary N) is 2. The van der Waals surface area contributed by atoms with Crippen molar-refractivity contribution in [3.63, 3.8) is 0 Å². The predicted octanol–water partition coefficient (Wildman–Crippen LogP) is 3.55. The molecule has 2 amide bonds. The lowest BCUT2D eigenvalue weighted by atomic mass is 9.84. The molecule has 1 aromatic carbocycles. The Kier molecular flexibility index (Phi) is 8.86. The average molecular weight is 405 g/mol. The van der Waals surface area contributed by atoms with Gasteiger partial charge in [-0.15, -0.1) is 0 Å². The maximum Gasteiger partial charge on any atom is 0.304 e. The van der Waals surface area contributed by atoms with Crippen LogP contribution in [0.5, 0.6) is 0 Å². The van der Waals surface area contributed by atoms with Gasteiger partial charge in [0.1, 0.15) is 6.04 Å². The first-order chi connectivity index (χ1) is 13.3. The highest BCUT2D eigenvalue weighted by molar-refractivity contribution is 5.90. The van der Waals surface area contributed by atoms with Gasteiger partial charge in [0.25, 0.3) is 0 Å². The number of carbonyl (C=O) groups excluding carboxylic acids is 2. The summed E-state index contributed by atoms with van der Waals surface area (Å²) in [5.74, 6) is -2.35. The lowest BCUT2D eigenvalue weighted by Crippen LogP contribution is -2.58. The third-order valence-corrected chi connectivity index (χ3v) is 4.57. The standard InChI is InChI=1S/C23H36N2O4/c1-22(2,3)19(21(29)25-23(4,5)6)24-20(28)17(15-18(26)27)14-10-13-16-11-8-7-9-12-16/h7-9,11-12,17,19H,10,13-15H2,1-6H3,(H,24,28)(H,25,29)(H,26,27). The molecule has 0 aliphatic heterocycles. The highest BCUT2D eigenvalue weighted by Gasteiger charge is 2.36. The van der Waals surface area contributed by atoms with Crippen LogP contribution >= 0.6 is 0 Å². The van der Waals surface area contributed by atoms with Gasteiger partial charge in [0.15, 0.2) is 0 Å². The van der Waals surface area contributed by atoms with Gasteiger partial charge < -0.3 is 15.7 Å². The fourth-order valence-electron chi connectivity index (χ4n) is 3.11. The Morgan fingerprint density at radius 1 is 0.966 bits per heavy atom. The molecule has 0 aliphatic carbocycles. The van der Waals surface area contributed by atoms with E-state index in [2.05, 4.69) is 10.6 Å². The topological polar surface area (TPSA) is 95.5 Å². The Morgan fingerprint density at radius 3 is 2.03 bits per heavy atom. The molecule has 0 spiro atoms. The van der Waals surface area contributed by atoms with Crippen molar-refractivity contribution in [3.8, 4) is 0 Å². The molecule has 0 aliphatic rings. The van der Waals surface area contributed by atoms with E-state index in [4.69, 9.17) is 0 Å². The molecule has 0 saturated carbocycles. The van der Waals surface area contributed by atoms with Gasteiger partial charge >= 0.3 is 5.97 Å². The maximum atomic E-state index is 12.9. The van der Waals surface area contributed by atoms with E-state index in [9.17, 15) is 19.5 Å². The smallest absolute Gasteiger partial charge is 0.304 e. The Hall–Kier alpha value is -2.37. The summed E-state index contributed by atoms with van der Waals surface area (Å²) in [6.07, 6.45) is 1.67. The van der Waals surface area contributed by atoms with Gasteiger partial charge in [0.2, 0.25) is 11.8 Å². The van der Waals surface area contributed by atoms with Crippen LogP contribution in [0.25, 0.3) is 0 Å². The molecule has 0 aromatic heterocycles. The summed E-state index contributed by atoms with van der Waals surface area (Å²) in [5, 5.41) is 15.0. The summed E-state index contributed by atoms with van der Waals surface area (Å²) in [4.78, 5) is 36.9. The lowest BCUT2D eigenvalue weighted by Gasteiger charge is -2.34. The Labute approximate surface area is 174 Å². The van der Waals surface area contributed by atoms with Crippen molar-refractivity contribution in [1.29, 1.82) is 0 Å². The molecule has 2 atom stereocenters. The van der Waals surface area contributed by atoms with Crippen LogP contribution in [0.4, 0.5) is 0 Å². The minimum Gasteiger partial charge on any atom is -0.481 e. The SMILES string of the molecule is CC(C)(C)NC(=O)C(NC(=O)C(CCCc1ccccc1)CC(=O)O)C(C)(C)C. The number of amides is 2. The third-order valence-electron chi connectivity index (χ3n) is 4.57. The molecule has 0 heterocycles. The van der Waals surface area contributed by atoms with Crippen molar-refractivity contribution in [3.05, 3.63) is 35.9 Å². The van der Waals surface area contributed by atoms with Crippen LogP contribution in [0.3, 0.4) is 0 Å². The predicted molar refractivity (Wildman–Crippen MR) is 114 cm³/mol. The second kappa shape index (κ2) is 10.4. The third kappa shape index (κ3) is 9.59. The quantitative estimate of drug-likeness (QED) is 0.586. The minimum atomic E-state index is -1.02. The van der Waals surface area contributed by atoms with E-state index < -0.39 is 28.9 Å². The van der Waals surface area contributed by atoms with E-state index >= 15 is 0 Å². The van der Waals surface area contributed by atoms with Crippen molar-refractivity contribution in [2.45, 2.75) is 78.8 Å². The first-order valence-corrected chi connectivity index (χ1v) is 10.2. The van der Waals surface area contributed by atoms with E-state index in [0.717, 1.165) is 12.0 Å². The number of hydrogen-bond acceptors (Lipinski definition) is 3. The van der Waals surface area contributed by atoms with Crippen LogP contribution in [0.15, 0.2) is 30.3 Å². The largest absolute Gasteiger partial charge is 0.481 e. The molecule has 0 radical (unpaired) electrons. The summed E-state index contributed by atoms with van der Waals surface area (Å²) < 4.78 is 0. The van der Waals surface area contributed by atoms with Gasteiger partial charge in [-0.25, -0.2) is 0 Å². The molecule has 3 N–H and O–H groups in total. The van der Waals surface area contributed by atoms with E-state index in [1.54, 1.807) is 0 Å². The van der Waals surface area contributed by atoms with Crippen LogP contribution in [0, 0.1) is 11.3 Å². The molecular weight excluding hydrogens is 368 g/mol. The normalized spacial score (nSPS) is 14.0. The number of carboxylic acids is 1. The zero-order valence-electron chi connectivity index (χ0n) is 18.5. The molecule has 6 nitrogen and oxygen atoms in total. The molecule has 162 valence electrons. The maximum absolute atomic E-state index is 12.9. The van der Waals surface area contributed by atoms with Crippen molar-refractivity contribution in [2.75, 3.05) is 0 Å². The van der Waals surface area contributed by atoms with E-state index in [1.807, 2.05) is 71.9 Å². The zero-order valence-corrected chi connectivity index (χ0v) is 18.5. The van der Waals surface area contributed by atoms with Crippen LogP contribution in [-0.4, -0.2) is 34.5 Å². The monoisotopic (exact) mass is 404 g/mol. The number of benzene rings is 1. The molecule has 0 saturated heterocycles. The van der Waals surface area contributed by atoms with Crippen molar-refractivity contribution in [1.82, 2.24) is 10.6 Å². The molecule has 1 rings (SSSR count). The van der Waals surface area contributed by atoms with Gasteiger partial charge in [0.05, 0.1) is 6.42 Å². The van der Waals surface area contributed by atoms with E-state index in [-0.39, 0.29) is 18.2 Å². The Bertz CT molecular complexity index is 687. The number of carbonyl (C=O) groups is 3. The molecule has 1 aromatic rings. The fourth-order valence-corrected chi connectivity index (χ4v) is 3.11. The van der Waals surface area contributed by atoms with Crippen molar-refractivity contribution in [2.24, 2.45) is 11.3 Å². The molecule has 6 heteroatoms. The summed E-state index contributed by atoms with van der Waals surface area (Å²) in [5.41, 5.74) is 0.212. The number of aliphatic carboxylic acids is 1. The number of rotatable bonds is 9. The average Bonchev–Trinajstić information content (AvgIpc) is 2.56. The number of aryl methyl sites for hydroxylation is 1. The van der Waals surface area contributed by atoms with Gasteiger partial charge in [-0.3, -0.25) is 14.4 Å². The zero-order chi connectivity index (χ0) is 22.2. The molecule has 0 bridgehead atoms. The van der Waals surface area contributed by atoms with Gasteiger partial charge in [-0.2, -0.15) is 0 Å². The molecule has 0 fully saturated rings. The van der Waals surface area contributed by atoms with Crippen molar-refractivity contribution >= 4 is 17.8 Å². The van der Waals surface area contributed by atoms with Crippen LogP contribution < -0.4 is 10.6 Å². The van der Waals surface area contributed by atoms with E-state index in [0.29, 0.717) is 12.8 Å².